The smallest absolute Gasteiger partial charge is 0.227 e. The van der Waals surface area contributed by atoms with Gasteiger partial charge in [0.1, 0.15) is 0 Å². The van der Waals surface area contributed by atoms with E-state index in [9.17, 15) is 0 Å². The molecule has 1 unspecified atom stereocenters. The summed E-state index contributed by atoms with van der Waals surface area (Å²) in [4.78, 5) is 11.3. The van der Waals surface area contributed by atoms with Crippen molar-refractivity contribution in [1.82, 2.24) is 30.5 Å². The van der Waals surface area contributed by atoms with Gasteiger partial charge in [-0.3, -0.25) is 4.90 Å². The lowest BCUT2D eigenvalue weighted by Crippen LogP contribution is -2.44. The van der Waals surface area contributed by atoms with Crippen molar-refractivity contribution in [3.8, 4) is 11.4 Å². The molecule has 0 amide bonds. The van der Waals surface area contributed by atoms with Crippen LogP contribution in [-0.2, 0) is 12.8 Å². The van der Waals surface area contributed by atoms with E-state index in [0.717, 1.165) is 31.0 Å². The average Bonchev–Trinajstić information content (AvgIpc) is 3.36. The maximum Gasteiger partial charge on any atom is 0.227 e. The normalized spacial score (nSPS) is 18.1. The van der Waals surface area contributed by atoms with E-state index in [1.807, 2.05) is 12.1 Å². The van der Waals surface area contributed by atoms with E-state index in [-0.39, 0.29) is 6.04 Å². The van der Waals surface area contributed by atoms with Gasteiger partial charge in [0.2, 0.25) is 17.6 Å². The molecule has 4 rings (SSSR count). The molecule has 148 valence electrons. The number of benzene rings is 1. The summed E-state index contributed by atoms with van der Waals surface area (Å²) in [5, 5.41) is 11.6. The molecule has 1 saturated heterocycles. The SMILES string of the molecule is CC(C)c1ccc(-c2noc(CCc3nc(C4CNCCN4C)no3)n2)cc1. The molecule has 2 aromatic heterocycles. The molecule has 8 heteroatoms. The van der Waals surface area contributed by atoms with Gasteiger partial charge in [-0.1, -0.05) is 48.4 Å². The Labute approximate surface area is 164 Å². The topological polar surface area (TPSA) is 93.1 Å². The van der Waals surface area contributed by atoms with E-state index < -0.39 is 0 Å². The van der Waals surface area contributed by atoms with Gasteiger partial charge >= 0.3 is 0 Å². The minimum absolute atomic E-state index is 0.148. The highest BCUT2D eigenvalue weighted by Gasteiger charge is 2.25. The number of likely N-dealkylation sites (N-methyl/N-ethyl adjacent to an activating group) is 1. The molecule has 1 aromatic carbocycles. The van der Waals surface area contributed by atoms with E-state index in [2.05, 4.69) is 63.5 Å². The first-order valence-electron chi connectivity index (χ1n) is 9.76. The molecule has 28 heavy (non-hydrogen) atoms. The number of hydrogen-bond donors (Lipinski definition) is 1. The Bertz CT molecular complexity index is 902. The molecule has 0 radical (unpaired) electrons. The Morgan fingerprint density at radius 3 is 2.50 bits per heavy atom. The predicted molar refractivity (Wildman–Crippen MR) is 104 cm³/mol. The Kier molecular flexibility index (Phi) is 5.50. The lowest BCUT2D eigenvalue weighted by Gasteiger charge is -2.30. The van der Waals surface area contributed by atoms with Gasteiger partial charge in [0.05, 0.1) is 6.04 Å². The minimum Gasteiger partial charge on any atom is -0.339 e. The fourth-order valence-electron chi connectivity index (χ4n) is 3.30. The van der Waals surface area contributed by atoms with Gasteiger partial charge in [-0.05, 0) is 18.5 Å². The van der Waals surface area contributed by atoms with Gasteiger partial charge in [0, 0.05) is 38.0 Å². The Morgan fingerprint density at radius 1 is 1.07 bits per heavy atom. The van der Waals surface area contributed by atoms with Crippen molar-refractivity contribution < 1.29 is 9.05 Å². The molecule has 0 aliphatic carbocycles. The van der Waals surface area contributed by atoms with Crippen molar-refractivity contribution in [3.05, 3.63) is 47.4 Å². The largest absolute Gasteiger partial charge is 0.339 e. The van der Waals surface area contributed by atoms with Crippen molar-refractivity contribution >= 4 is 0 Å². The Morgan fingerprint density at radius 2 is 1.79 bits per heavy atom. The highest BCUT2D eigenvalue weighted by molar-refractivity contribution is 5.54. The first-order chi connectivity index (χ1) is 13.6. The van der Waals surface area contributed by atoms with Crippen LogP contribution in [0.25, 0.3) is 11.4 Å². The van der Waals surface area contributed by atoms with E-state index in [1.54, 1.807) is 0 Å². The second kappa shape index (κ2) is 8.20. The standard InChI is InChI=1S/C20H26N6O2/c1-13(2)14-4-6-15(7-5-14)19-22-17(27-24-19)8-9-18-23-20(25-28-18)16-12-21-10-11-26(16)3/h4-7,13,16,21H,8-12H2,1-3H3. The van der Waals surface area contributed by atoms with Crippen LogP contribution in [0.15, 0.2) is 33.3 Å². The molecule has 8 nitrogen and oxygen atoms in total. The van der Waals surface area contributed by atoms with Crippen LogP contribution in [0.4, 0.5) is 0 Å². The van der Waals surface area contributed by atoms with E-state index in [1.165, 1.54) is 5.56 Å². The van der Waals surface area contributed by atoms with Crippen LogP contribution in [0.5, 0.6) is 0 Å². The molecule has 0 bridgehead atoms. The van der Waals surface area contributed by atoms with Gasteiger partial charge in [-0.15, -0.1) is 0 Å². The second-order valence-electron chi connectivity index (χ2n) is 7.54. The summed E-state index contributed by atoms with van der Waals surface area (Å²) < 4.78 is 10.8. The summed E-state index contributed by atoms with van der Waals surface area (Å²) in [7, 11) is 2.08. The van der Waals surface area contributed by atoms with E-state index >= 15 is 0 Å². The van der Waals surface area contributed by atoms with Crippen LogP contribution in [0.2, 0.25) is 0 Å². The van der Waals surface area contributed by atoms with Crippen LogP contribution in [0.1, 0.15) is 49.0 Å². The molecule has 1 aliphatic rings. The molecular weight excluding hydrogens is 356 g/mol. The third-order valence-electron chi connectivity index (χ3n) is 5.15. The summed E-state index contributed by atoms with van der Waals surface area (Å²) >= 11 is 0. The molecule has 1 N–H and O–H groups in total. The zero-order chi connectivity index (χ0) is 19.5. The molecule has 0 spiro atoms. The summed E-state index contributed by atoms with van der Waals surface area (Å²) in [5.74, 6) is 2.99. The number of rotatable bonds is 6. The number of nitrogens with zero attached hydrogens (tertiary/aromatic N) is 5. The van der Waals surface area contributed by atoms with E-state index in [4.69, 9.17) is 9.05 Å². The van der Waals surface area contributed by atoms with Gasteiger partial charge in [0.15, 0.2) is 5.82 Å². The van der Waals surface area contributed by atoms with Crippen molar-refractivity contribution in [2.75, 3.05) is 26.7 Å². The zero-order valence-corrected chi connectivity index (χ0v) is 16.6. The summed E-state index contributed by atoms with van der Waals surface area (Å²) in [5.41, 5.74) is 2.24. The lowest BCUT2D eigenvalue weighted by molar-refractivity contribution is 0.190. The first kappa shape index (κ1) is 18.8. The van der Waals surface area contributed by atoms with Gasteiger partial charge in [0.25, 0.3) is 0 Å². The highest BCUT2D eigenvalue weighted by Crippen LogP contribution is 2.21. The number of hydrogen-bond acceptors (Lipinski definition) is 8. The van der Waals surface area contributed by atoms with Crippen LogP contribution in [0.3, 0.4) is 0 Å². The third-order valence-corrected chi connectivity index (χ3v) is 5.15. The third kappa shape index (κ3) is 4.13. The van der Waals surface area contributed by atoms with Crippen LogP contribution >= 0.6 is 0 Å². The number of nitrogens with one attached hydrogen (secondary N) is 1. The first-order valence-corrected chi connectivity index (χ1v) is 9.76. The fraction of sp³-hybridized carbons (Fsp3) is 0.500. The maximum absolute atomic E-state index is 5.41. The second-order valence-corrected chi connectivity index (χ2v) is 7.54. The van der Waals surface area contributed by atoms with Gasteiger partial charge in [-0.2, -0.15) is 9.97 Å². The van der Waals surface area contributed by atoms with Gasteiger partial charge < -0.3 is 14.4 Å². The van der Waals surface area contributed by atoms with Crippen LogP contribution in [0, 0.1) is 0 Å². The predicted octanol–water partition coefficient (Wildman–Crippen LogP) is 2.60. The van der Waals surface area contributed by atoms with Crippen LogP contribution in [-0.4, -0.2) is 51.9 Å². The van der Waals surface area contributed by atoms with Crippen molar-refractivity contribution in [2.24, 2.45) is 0 Å². The number of piperazine rings is 1. The molecular formula is C20H26N6O2. The summed E-state index contributed by atoms with van der Waals surface area (Å²) in [6.07, 6.45) is 1.14. The maximum atomic E-state index is 5.41. The Hall–Kier alpha value is -2.58. The lowest BCUT2D eigenvalue weighted by atomic mass is 10.0. The molecule has 1 aliphatic heterocycles. The fourth-order valence-corrected chi connectivity index (χ4v) is 3.30. The van der Waals surface area contributed by atoms with Crippen molar-refractivity contribution in [3.63, 3.8) is 0 Å². The summed E-state index contributed by atoms with van der Waals surface area (Å²) in [6.45, 7) is 7.13. The van der Waals surface area contributed by atoms with Crippen molar-refractivity contribution in [2.45, 2.75) is 38.6 Å². The molecule has 3 aromatic rings. The average molecular weight is 382 g/mol. The number of aryl methyl sites for hydroxylation is 2. The monoisotopic (exact) mass is 382 g/mol. The van der Waals surface area contributed by atoms with Gasteiger partial charge in [-0.25, -0.2) is 0 Å². The minimum atomic E-state index is 0.148. The highest BCUT2D eigenvalue weighted by atomic mass is 16.5. The zero-order valence-electron chi connectivity index (χ0n) is 16.6. The summed E-state index contributed by atoms with van der Waals surface area (Å²) in [6, 6.07) is 8.42. The van der Waals surface area contributed by atoms with Crippen LogP contribution < -0.4 is 5.32 Å². The Balaban J connectivity index is 1.37. The van der Waals surface area contributed by atoms with E-state index in [0.29, 0.717) is 36.4 Å². The molecule has 3 heterocycles. The molecule has 1 fully saturated rings. The molecule has 0 saturated carbocycles. The number of aromatic nitrogens is 4. The van der Waals surface area contributed by atoms with Crippen molar-refractivity contribution in [1.29, 1.82) is 0 Å². The quantitative estimate of drug-likeness (QED) is 0.695. The molecule has 1 atom stereocenters.